The van der Waals surface area contributed by atoms with E-state index in [9.17, 15) is 4.79 Å². The van der Waals surface area contributed by atoms with E-state index in [-0.39, 0.29) is 11.5 Å². The maximum absolute atomic E-state index is 12.3. The third-order valence-corrected chi connectivity index (χ3v) is 5.64. The molecule has 0 N–H and O–H groups in total. The van der Waals surface area contributed by atoms with E-state index in [1.807, 2.05) is 4.90 Å². The van der Waals surface area contributed by atoms with Crippen LogP contribution in [0.2, 0.25) is 0 Å². The first-order chi connectivity index (χ1) is 10.3. The molecule has 4 nitrogen and oxygen atoms in total. The minimum Gasteiger partial charge on any atom is -0.459 e. The van der Waals surface area contributed by atoms with Gasteiger partial charge in [-0.05, 0) is 48.4 Å². The summed E-state index contributed by atoms with van der Waals surface area (Å²) >= 11 is 1.79. The van der Waals surface area contributed by atoms with Gasteiger partial charge < -0.3 is 14.1 Å². The molecule has 0 bridgehead atoms. The summed E-state index contributed by atoms with van der Waals surface area (Å²) in [5, 5.41) is 2.15. The second-order valence-electron chi connectivity index (χ2n) is 5.64. The smallest absolute Gasteiger partial charge is 0.289 e. The van der Waals surface area contributed by atoms with Crippen LogP contribution in [0.1, 0.15) is 33.8 Å². The van der Waals surface area contributed by atoms with Crippen molar-refractivity contribution in [3.05, 3.63) is 46.0 Å². The molecule has 0 unspecified atom stereocenters. The lowest BCUT2D eigenvalue weighted by atomic mass is 9.85. The second-order valence-corrected chi connectivity index (χ2v) is 6.55. The van der Waals surface area contributed by atoms with Crippen LogP contribution < -0.4 is 0 Å². The van der Waals surface area contributed by atoms with Crippen molar-refractivity contribution in [3.63, 3.8) is 0 Å². The van der Waals surface area contributed by atoms with Gasteiger partial charge in [-0.2, -0.15) is 0 Å². The molecule has 1 fully saturated rings. The molecular weight excluding hydrogens is 286 g/mol. The van der Waals surface area contributed by atoms with E-state index in [1.165, 1.54) is 10.4 Å². The Bertz CT molecular complexity index is 638. The lowest BCUT2D eigenvalue weighted by Crippen LogP contribution is -2.47. The number of furan rings is 1. The van der Waals surface area contributed by atoms with Gasteiger partial charge in [0.15, 0.2) is 5.76 Å². The van der Waals surface area contributed by atoms with Crippen molar-refractivity contribution in [3.8, 4) is 0 Å². The topological polar surface area (TPSA) is 42.7 Å². The molecule has 0 radical (unpaired) electrons. The molecule has 1 amide bonds. The molecule has 1 spiro atoms. The highest BCUT2D eigenvalue weighted by Gasteiger charge is 2.42. The summed E-state index contributed by atoms with van der Waals surface area (Å²) in [6.07, 6.45) is 4.29. The lowest BCUT2D eigenvalue weighted by molar-refractivity contribution is -0.0908. The van der Waals surface area contributed by atoms with Crippen LogP contribution in [0.4, 0.5) is 0 Å². The quantitative estimate of drug-likeness (QED) is 0.813. The van der Waals surface area contributed by atoms with E-state index >= 15 is 0 Å². The van der Waals surface area contributed by atoms with Crippen LogP contribution in [0.15, 0.2) is 34.3 Å². The molecule has 21 heavy (non-hydrogen) atoms. The van der Waals surface area contributed by atoms with E-state index in [4.69, 9.17) is 9.15 Å². The highest BCUT2D eigenvalue weighted by atomic mass is 32.1. The van der Waals surface area contributed by atoms with Gasteiger partial charge in [-0.3, -0.25) is 4.79 Å². The molecule has 4 heterocycles. The fourth-order valence-electron chi connectivity index (χ4n) is 3.35. The van der Waals surface area contributed by atoms with Gasteiger partial charge in [0, 0.05) is 18.0 Å². The van der Waals surface area contributed by atoms with E-state index in [0.29, 0.717) is 5.76 Å². The lowest BCUT2D eigenvalue weighted by Gasteiger charge is -2.43. The predicted molar refractivity (Wildman–Crippen MR) is 79.5 cm³/mol. The molecule has 0 saturated carbocycles. The van der Waals surface area contributed by atoms with Crippen LogP contribution >= 0.6 is 11.3 Å². The van der Waals surface area contributed by atoms with E-state index in [0.717, 1.165) is 39.0 Å². The zero-order valence-corrected chi connectivity index (χ0v) is 12.5. The summed E-state index contributed by atoms with van der Waals surface area (Å²) < 4.78 is 11.4. The fourth-order valence-corrected chi connectivity index (χ4v) is 4.52. The zero-order chi connectivity index (χ0) is 14.3. The van der Waals surface area contributed by atoms with Gasteiger partial charge in [0.2, 0.25) is 0 Å². The van der Waals surface area contributed by atoms with Crippen LogP contribution in [0.5, 0.6) is 0 Å². The molecule has 2 aromatic rings. The maximum atomic E-state index is 12.3. The van der Waals surface area contributed by atoms with Gasteiger partial charge in [-0.1, -0.05) is 0 Å². The van der Waals surface area contributed by atoms with Crippen LogP contribution in [0.3, 0.4) is 0 Å². The third kappa shape index (κ3) is 2.12. The number of piperidine rings is 1. The van der Waals surface area contributed by atoms with Gasteiger partial charge in [-0.25, -0.2) is 0 Å². The highest BCUT2D eigenvalue weighted by molar-refractivity contribution is 7.10. The zero-order valence-electron chi connectivity index (χ0n) is 11.7. The largest absolute Gasteiger partial charge is 0.459 e. The Morgan fingerprint density at radius 2 is 2.14 bits per heavy atom. The van der Waals surface area contributed by atoms with Crippen molar-refractivity contribution in [2.75, 3.05) is 19.7 Å². The molecule has 2 aliphatic rings. The molecule has 1 saturated heterocycles. The Labute approximate surface area is 127 Å². The average Bonchev–Trinajstić information content (AvgIpc) is 3.19. The van der Waals surface area contributed by atoms with Gasteiger partial charge in [0.05, 0.1) is 12.9 Å². The number of carbonyl (C=O) groups excluding carboxylic acids is 1. The SMILES string of the molecule is O=C(c1ccco1)N1CCC2(CC1)OCCc1ccsc12. The number of thiophene rings is 1. The standard InChI is InChI=1S/C16H17NO3S/c18-15(13-2-1-9-19-13)17-7-5-16(6-8-17)14-12(3-10-20-16)4-11-21-14/h1-2,4,9,11H,3,5-8,10H2. The van der Waals surface area contributed by atoms with E-state index < -0.39 is 0 Å². The predicted octanol–water partition coefficient (Wildman–Crippen LogP) is 3.05. The van der Waals surface area contributed by atoms with Crippen molar-refractivity contribution in [1.29, 1.82) is 0 Å². The molecule has 4 rings (SSSR count). The van der Waals surface area contributed by atoms with Gasteiger partial charge in [0.1, 0.15) is 5.60 Å². The molecule has 110 valence electrons. The molecule has 5 heteroatoms. The number of amides is 1. The maximum Gasteiger partial charge on any atom is 0.289 e. The van der Waals surface area contributed by atoms with Crippen molar-refractivity contribution in [1.82, 2.24) is 4.90 Å². The first-order valence-corrected chi connectivity index (χ1v) is 8.20. The monoisotopic (exact) mass is 303 g/mol. The highest BCUT2D eigenvalue weighted by Crippen LogP contribution is 2.44. The van der Waals surface area contributed by atoms with E-state index in [2.05, 4.69) is 11.4 Å². The van der Waals surface area contributed by atoms with Crippen LogP contribution in [-0.4, -0.2) is 30.5 Å². The number of carbonyl (C=O) groups is 1. The van der Waals surface area contributed by atoms with Crippen molar-refractivity contribution in [2.45, 2.75) is 24.9 Å². The summed E-state index contributed by atoms with van der Waals surface area (Å²) in [7, 11) is 0. The van der Waals surface area contributed by atoms with E-state index in [1.54, 1.807) is 29.7 Å². The normalized spacial score (nSPS) is 20.5. The Kier molecular flexibility index (Phi) is 3.12. The number of hydrogen-bond donors (Lipinski definition) is 0. The summed E-state index contributed by atoms with van der Waals surface area (Å²) in [6, 6.07) is 5.69. The number of rotatable bonds is 1. The fraction of sp³-hybridized carbons (Fsp3) is 0.438. The van der Waals surface area contributed by atoms with Crippen LogP contribution in [-0.2, 0) is 16.8 Å². The van der Waals surface area contributed by atoms with Gasteiger partial charge >= 0.3 is 0 Å². The Morgan fingerprint density at radius 1 is 1.29 bits per heavy atom. The van der Waals surface area contributed by atoms with Crippen molar-refractivity contribution in [2.24, 2.45) is 0 Å². The number of fused-ring (bicyclic) bond motifs is 2. The Balaban J connectivity index is 1.52. The van der Waals surface area contributed by atoms with Crippen molar-refractivity contribution >= 4 is 17.2 Å². The van der Waals surface area contributed by atoms with Crippen LogP contribution in [0, 0.1) is 0 Å². The molecule has 0 atom stereocenters. The average molecular weight is 303 g/mol. The first-order valence-electron chi connectivity index (χ1n) is 7.32. The molecule has 0 aliphatic carbocycles. The first kappa shape index (κ1) is 13.1. The minimum atomic E-state index is -0.165. The van der Waals surface area contributed by atoms with Crippen molar-refractivity contribution < 1.29 is 13.9 Å². The number of likely N-dealkylation sites (tertiary alicyclic amines) is 1. The summed E-state index contributed by atoms with van der Waals surface area (Å²) in [6.45, 7) is 2.23. The van der Waals surface area contributed by atoms with Gasteiger partial charge in [0.25, 0.3) is 5.91 Å². The summed E-state index contributed by atoms with van der Waals surface area (Å²) in [5.74, 6) is 0.407. The minimum absolute atomic E-state index is 0.0166. The number of hydrogen-bond acceptors (Lipinski definition) is 4. The Morgan fingerprint density at radius 3 is 2.90 bits per heavy atom. The molecular formula is C16H17NO3S. The molecule has 2 aliphatic heterocycles. The summed E-state index contributed by atoms with van der Waals surface area (Å²) in [5.41, 5.74) is 1.26. The Hall–Kier alpha value is -1.59. The van der Waals surface area contributed by atoms with Gasteiger partial charge in [-0.15, -0.1) is 11.3 Å². The van der Waals surface area contributed by atoms with Crippen LogP contribution in [0.25, 0.3) is 0 Å². The molecule has 2 aromatic heterocycles. The number of ether oxygens (including phenoxy) is 1. The summed E-state index contributed by atoms with van der Waals surface area (Å²) in [4.78, 5) is 15.6. The number of nitrogens with zero attached hydrogens (tertiary/aromatic N) is 1. The second kappa shape index (κ2) is 5.00. The third-order valence-electron chi connectivity index (χ3n) is 4.50. The molecule has 0 aromatic carbocycles.